The zero-order chi connectivity index (χ0) is 19.7. The minimum atomic E-state index is -0.180. The summed E-state index contributed by atoms with van der Waals surface area (Å²) < 4.78 is 6.07. The van der Waals surface area contributed by atoms with Crippen LogP contribution in [0, 0.1) is 20.8 Å². The number of thioether (sulfide) groups is 1. The number of anilines is 1. The van der Waals surface area contributed by atoms with Crippen LogP contribution in [0.15, 0.2) is 45.8 Å². The Labute approximate surface area is 170 Å². The molecule has 0 radical (unpaired) electrons. The number of carbonyl (C=O) groups is 1. The summed E-state index contributed by atoms with van der Waals surface area (Å²) in [5, 5.41) is 7.44. The highest BCUT2D eigenvalue weighted by Crippen LogP contribution is 2.31. The molecule has 0 bridgehead atoms. The fraction of sp³-hybridized carbons (Fsp3) is 0.200. The molecule has 28 heavy (non-hydrogen) atoms. The quantitative estimate of drug-likeness (QED) is 0.458. The third kappa shape index (κ3) is 3.93. The Hall–Kier alpha value is -2.71. The van der Waals surface area contributed by atoms with E-state index < -0.39 is 0 Å². The smallest absolute Gasteiger partial charge is 0.258 e. The monoisotopic (exact) mass is 410 g/mol. The molecule has 2 aromatic carbocycles. The molecule has 2 heterocycles. The Balaban J connectivity index is 1.54. The van der Waals surface area contributed by atoms with E-state index in [0.717, 1.165) is 20.7 Å². The number of amides is 1. The van der Waals surface area contributed by atoms with Gasteiger partial charge in [0.25, 0.3) is 5.91 Å². The number of hydrogen-bond donors (Lipinski definition) is 1. The molecule has 0 spiro atoms. The van der Waals surface area contributed by atoms with Crippen LogP contribution in [-0.4, -0.2) is 21.0 Å². The van der Waals surface area contributed by atoms with Crippen molar-refractivity contribution in [2.45, 2.75) is 31.4 Å². The molecule has 0 unspecified atom stereocenters. The van der Waals surface area contributed by atoms with E-state index in [2.05, 4.69) is 39.5 Å². The Morgan fingerprint density at radius 3 is 2.79 bits per heavy atom. The summed E-state index contributed by atoms with van der Waals surface area (Å²) in [6, 6.07) is 11.7. The van der Waals surface area contributed by atoms with Crippen LogP contribution in [0.25, 0.3) is 10.2 Å². The van der Waals surface area contributed by atoms with Crippen LogP contribution < -0.4 is 5.32 Å². The number of benzene rings is 2. The van der Waals surface area contributed by atoms with Crippen molar-refractivity contribution in [1.82, 2.24) is 15.1 Å². The average Bonchev–Trinajstić information content (AvgIpc) is 3.26. The normalized spacial score (nSPS) is 11.1. The molecule has 1 amide bonds. The van der Waals surface area contributed by atoms with Crippen molar-refractivity contribution in [3.63, 3.8) is 0 Å². The van der Waals surface area contributed by atoms with Gasteiger partial charge >= 0.3 is 0 Å². The first-order chi connectivity index (χ1) is 13.5. The molecule has 142 valence electrons. The molecule has 4 aromatic rings. The van der Waals surface area contributed by atoms with Gasteiger partial charge in [0.15, 0.2) is 11.0 Å². The molecule has 0 fully saturated rings. The van der Waals surface area contributed by atoms with Gasteiger partial charge in [-0.25, -0.2) is 4.98 Å². The van der Waals surface area contributed by atoms with Crippen molar-refractivity contribution in [3.8, 4) is 0 Å². The van der Waals surface area contributed by atoms with E-state index in [4.69, 9.17) is 4.52 Å². The number of rotatable bonds is 5. The van der Waals surface area contributed by atoms with E-state index in [1.54, 1.807) is 6.92 Å². The number of thiazole rings is 1. The maximum atomic E-state index is 12.9. The van der Waals surface area contributed by atoms with Gasteiger partial charge in [-0.3, -0.25) is 10.1 Å². The number of nitrogens with one attached hydrogen (secondary N) is 1. The number of fused-ring (bicyclic) bond motifs is 1. The highest BCUT2D eigenvalue weighted by atomic mass is 32.2. The van der Waals surface area contributed by atoms with E-state index in [-0.39, 0.29) is 5.91 Å². The van der Waals surface area contributed by atoms with Crippen molar-refractivity contribution < 1.29 is 9.32 Å². The topological polar surface area (TPSA) is 80.9 Å². The van der Waals surface area contributed by atoms with E-state index in [9.17, 15) is 4.79 Å². The Bertz CT molecular complexity index is 1170. The van der Waals surface area contributed by atoms with Crippen molar-refractivity contribution in [3.05, 3.63) is 64.8 Å². The summed E-state index contributed by atoms with van der Waals surface area (Å²) in [5.41, 5.74) is 3.82. The summed E-state index contributed by atoms with van der Waals surface area (Å²) in [6.07, 6.45) is 0. The molecular formula is C20H18N4O2S2. The molecule has 8 heteroatoms. The molecule has 0 aliphatic rings. The Morgan fingerprint density at radius 1 is 1.18 bits per heavy atom. The van der Waals surface area contributed by atoms with E-state index in [1.165, 1.54) is 28.7 Å². The first kappa shape index (κ1) is 18.6. The van der Waals surface area contributed by atoms with Crippen molar-refractivity contribution in [1.29, 1.82) is 0 Å². The summed E-state index contributed by atoms with van der Waals surface area (Å²) in [4.78, 5) is 22.5. The number of aryl methyl sites for hydroxylation is 3. The van der Waals surface area contributed by atoms with Gasteiger partial charge < -0.3 is 4.52 Å². The second kappa shape index (κ2) is 7.73. The molecule has 6 nitrogen and oxygen atoms in total. The number of nitrogens with zero attached hydrogens (tertiary/aromatic N) is 3. The summed E-state index contributed by atoms with van der Waals surface area (Å²) >= 11 is 2.98. The first-order valence-electron chi connectivity index (χ1n) is 8.70. The molecule has 1 N–H and O–H groups in total. The molecule has 0 aliphatic carbocycles. The Kier molecular flexibility index (Phi) is 5.15. The molecule has 0 atom stereocenters. The minimum Gasteiger partial charge on any atom is -0.340 e. The standard InChI is InChI=1S/C20H18N4O2S2/c1-11-8-12(2)18-16(9-11)28-20(22-18)23-19(25)14-6-4-5-7-15(14)27-10-17-21-13(3)26-24-17/h4-9H,10H2,1-3H3,(H,22,23,25). The van der Waals surface area contributed by atoms with Gasteiger partial charge in [-0.2, -0.15) is 4.98 Å². The van der Waals surface area contributed by atoms with E-state index in [1.807, 2.05) is 31.2 Å². The molecular weight excluding hydrogens is 392 g/mol. The molecule has 4 rings (SSSR count). The molecule has 0 saturated carbocycles. The van der Waals surface area contributed by atoms with Crippen LogP contribution >= 0.6 is 23.1 Å². The lowest BCUT2D eigenvalue weighted by Crippen LogP contribution is -2.12. The largest absolute Gasteiger partial charge is 0.340 e. The van der Waals surface area contributed by atoms with Crippen molar-refractivity contribution >= 4 is 44.4 Å². The summed E-state index contributed by atoms with van der Waals surface area (Å²) in [7, 11) is 0. The molecule has 0 aliphatic heterocycles. The maximum Gasteiger partial charge on any atom is 0.258 e. The van der Waals surface area contributed by atoms with Gasteiger partial charge in [0.1, 0.15) is 0 Å². The second-order valence-electron chi connectivity index (χ2n) is 6.42. The predicted octanol–water partition coefficient (Wildman–Crippen LogP) is 5.15. The lowest BCUT2D eigenvalue weighted by molar-refractivity contribution is 0.102. The van der Waals surface area contributed by atoms with Gasteiger partial charge in [0, 0.05) is 11.8 Å². The minimum absolute atomic E-state index is 0.180. The average molecular weight is 411 g/mol. The van der Waals surface area contributed by atoms with E-state index >= 15 is 0 Å². The highest BCUT2D eigenvalue weighted by Gasteiger charge is 2.15. The first-order valence-corrected chi connectivity index (χ1v) is 10.5. The van der Waals surface area contributed by atoms with Crippen LogP contribution in [0.3, 0.4) is 0 Å². The number of hydrogen-bond acceptors (Lipinski definition) is 7. The van der Waals surface area contributed by atoms with Crippen LogP contribution in [-0.2, 0) is 5.75 Å². The van der Waals surface area contributed by atoms with Crippen LogP contribution in [0.4, 0.5) is 5.13 Å². The third-order valence-electron chi connectivity index (χ3n) is 4.11. The van der Waals surface area contributed by atoms with Gasteiger partial charge in [-0.15, -0.1) is 11.8 Å². The summed E-state index contributed by atoms with van der Waals surface area (Å²) in [6.45, 7) is 5.85. The predicted molar refractivity (Wildman–Crippen MR) is 112 cm³/mol. The van der Waals surface area contributed by atoms with Gasteiger partial charge in [-0.05, 0) is 43.2 Å². The summed E-state index contributed by atoms with van der Waals surface area (Å²) in [5.74, 6) is 1.49. The SMILES string of the molecule is Cc1cc(C)c2nc(NC(=O)c3ccccc3SCc3noc(C)n3)sc2c1. The Morgan fingerprint density at radius 2 is 2.00 bits per heavy atom. The fourth-order valence-corrected chi connectivity index (χ4v) is 4.84. The van der Waals surface area contributed by atoms with Crippen LogP contribution in [0.5, 0.6) is 0 Å². The fourth-order valence-electron chi connectivity index (χ4n) is 2.91. The lowest BCUT2D eigenvalue weighted by Gasteiger charge is -2.07. The lowest BCUT2D eigenvalue weighted by atomic mass is 10.1. The van der Waals surface area contributed by atoms with Crippen molar-refractivity contribution in [2.24, 2.45) is 0 Å². The van der Waals surface area contributed by atoms with E-state index in [0.29, 0.717) is 28.2 Å². The molecule has 2 aromatic heterocycles. The second-order valence-corrected chi connectivity index (χ2v) is 8.46. The third-order valence-corrected chi connectivity index (χ3v) is 6.10. The van der Waals surface area contributed by atoms with Gasteiger partial charge in [0.05, 0.1) is 21.5 Å². The van der Waals surface area contributed by atoms with Gasteiger partial charge in [0.2, 0.25) is 5.89 Å². The zero-order valence-corrected chi connectivity index (χ0v) is 17.3. The number of aromatic nitrogens is 3. The van der Waals surface area contributed by atoms with Crippen LogP contribution in [0.2, 0.25) is 0 Å². The van der Waals surface area contributed by atoms with Crippen molar-refractivity contribution in [2.75, 3.05) is 5.32 Å². The maximum absolute atomic E-state index is 12.9. The number of carbonyl (C=O) groups excluding carboxylic acids is 1. The molecule has 0 saturated heterocycles. The van der Waals surface area contributed by atoms with Crippen LogP contribution in [0.1, 0.15) is 33.2 Å². The highest BCUT2D eigenvalue weighted by molar-refractivity contribution is 7.98. The van der Waals surface area contributed by atoms with Gasteiger partial charge in [-0.1, -0.05) is 34.7 Å². The zero-order valence-electron chi connectivity index (χ0n) is 15.6.